The van der Waals surface area contributed by atoms with Crippen molar-refractivity contribution in [3.05, 3.63) is 102 Å². The van der Waals surface area contributed by atoms with Crippen LogP contribution in [-0.4, -0.2) is 41.5 Å². The number of nitrogens with zero attached hydrogens (tertiary/aromatic N) is 4. The Hall–Kier alpha value is -3.11. The lowest BCUT2D eigenvalue weighted by molar-refractivity contribution is 0.200. The zero-order chi connectivity index (χ0) is 23.9. The van der Waals surface area contributed by atoms with Crippen LogP contribution in [0.5, 0.6) is 0 Å². The van der Waals surface area contributed by atoms with Gasteiger partial charge >= 0.3 is 0 Å². The number of aromatic nitrogens is 2. The molecule has 3 aromatic rings. The number of likely N-dealkylation sites (tertiary alicyclic amines) is 1. The van der Waals surface area contributed by atoms with Gasteiger partial charge in [-0.3, -0.25) is 5.01 Å². The molecule has 0 N–H and O–H groups in total. The van der Waals surface area contributed by atoms with E-state index in [1.165, 1.54) is 22.4 Å². The average molecular weight is 455 g/mol. The minimum absolute atomic E-state index is 0.507. The van der Waals surface area contributed by atoms with E-state index in [-0.39, 0.29) is 0 Å². The maximum atomic E-state index is 5.02. The normalized spacial score (nSPS) is 16.5. The van der Waals surface area contributed by atoms with Crippen molar-refractivity contribution in [2.75, 3.05) is 31.7 Å². The van der Waals surface area contributed by atoms with Gasteiger partial charge in [-0.05, 0) is 63.4 Å². The van der Waals surface area contributed by atoms with E-state index in [4.69, 9.17) is 5.10 Å². The van der Waals surface area contributed by atoms with E-state index in [0.29, 0.717) is 11.8 Å². The monoisotopic (exact) mass is 454 g/mol. The average Bonchev–Trinajstić information content (AvgIpc) is 3.31. The SMILES string of the molecule is C/C=C\C=C/N(C)n1nc(-c2ccc(C)cc2)cc1C1CCN(CC(C)c2ccccc2)CC1. The number of hydrogen-bond acceptors (Lipinski definition) is 3. The van der Waals surface area contributed by atoms with Gasteiger partial charge in [0.2, 0.25) is 0 Å². The molecule has 1 unspecified atom stereocenters. The predicted octanol–water partition coefficient (Wildman–Crippen LogP) is 6.50. The van der Waals surface area contributed by atoms with Crippen molar-refractivity contribution >= 4 is 0 Å². The van der Waals surface area contributed by atoms with Crippen molar-refractivity contribution in [1.29, 1.82) is 0 Å². The van der Waals surface area contributed by atoms with Crippen LogP contribution >= 0.6 is 0 Å². The molecule has 0 aliphatic carbocycles. The summed E-state index contributed by atoms with van der Waals surface area (Å²) in [6.45, 7) is 9.88. The molecule has 0 bridgehead atoms. The van der Waals surface area contributed by atoms with Crippen molar-refractivity contribution in [1.82, 2.24) is 14.8 Å². The summed E-state index contributed by atoms with van der Waals surface area (Å²) in [6.07, 6.45) is 10.5. The molecule has 2 aromatic carbocycles. The molecule has 1 saturated heterocycles. The first-order valence-corrected chi connectivity index (χ1v) is 12.5. The van der Waals surface area contributed by atoms with Crippen LogP contribution in [0.2, 0.25) is 0 Å². The molecule has 1 atom stereocenters. The van der Waals surface area contributed by atoms with E-state index in [2.05, 4.69) is 109 Å². The molecule has 0 radical (unpaired) electrons. The molecule has 0 spiro atoms. The lowest BCUT2D eigenvalue weighted by Crippen LogP contribution is -2.37. The maximum Gasteiger partial charge on any atom is 0.0947 e. The van der Waals surface area contributed by atoms with Gasteiger partial charge in [-0.1, -0.05) is 79.2 Å². The second-order valence-corrected chi connectivity index (χ2v) is 9.54. The minimum Gasteiger partial charge on any atom is -0.303 e. The van der Waals surface area contributed by atoms with E-state index in [0.717, 1.165) is 38.2 Å². The molecule has 4 nitrogen and oxygen atoms in total. The van der Waals surface area contributed by atoms with Gasteiger partial charge in [0.1, 0.15) is 0 Å². The fraction of sp³-hybridized carbons (Fsp3) is 0.367. The van der Waals surface area contributed by atoms with E-state index >= 15 is 0 Å². The van der Waals surface area contributed by atoms with Crippen molar-refractivity contribution in [2.45, 2.75) is 45.4 Å². The van der Waals surface area contributed by atoms with Gasteiger partial charge in [-0.2, -0.15) is 9.89 Å². The zero-order valence-corrected chi connectivity index (χ0v) is 21.1. The number of rotatable bonds is 8. The number of hydrogen-bond donors (Lipinski definition) is 0. The molecular weight excluding hydrogens is 416 g/mol. The Morgan fingerprint density at radius 3 is 2.41 bits per heavy atom. The van der Waals surface area contributed by atoms with Crippen molar-refractivity contribution in [3.8, 4) is 11.3 Å². The molecule has 1 aliphatic rings. The lowest BCUT2D eigenvalue weighted by Gasteiger charge is -2.34. The summed E-state index contributed by atoms with van der Waals surface area (Å²) >= 11 is 0. The van der Waals surface area contributed by atoms with Crippen LogP contribution in [0, 0.1) is 6.92 Å². The van der Waals surface area contributed by atoms with Gasteiger partial charge in [-0.15, -0.1) is 0 Å². The largest absolute Gasteiger partial charge is 0.303 e. The summed E-state index contributed by atoms with van der Waals surface area (Å²) in [5.41, 5.74) is 6.22. The van der Waals surface area contributed by atoms with Crippen LogP contribution in [0.25, 0.3) is 11.3 Å². The Bertz CT molecular complexity index is 1090. The second kappa shape index (κ2) is 11.3. The molecule has 4 heteroatoms. The number of piperidine rings is 1. The summed E-state index contributed by atoms with van der Waals surface area (Å²) in [4.78, 5) is 4.73. The predicted molar refractivity (Wildman–Crippen MR) is 144 cm³/mol. The molecule has 0 amide bonds. The summed E-state index contributed by atoms with van der Waals surface area (Å²) in [6, 6.07) is 21.9. The molecular formula is C30H38N4. The van der Waals surface area contributed by atoms with Crippen LogP contribution in [-0.2, 0) is 0 Å². The molecule has 1 aromatic heterocycles. The van der Waals surface area contributed by atoms with Crippen molar-refractivity contribution in [2.24, 2.45) is 0 Å². The fourth-order valence-corrected chi connectivity index (χ4v) is 4.82. The molecule has 34 heavy (non-hydrogen) atoms. The quantitative estimate of drug-likeness (QED) is 0.363. The maximum absolute atomic E-state index is 5.02. The highest BCUT2D eigenvalue weighted by Crippen LogP contribution is 2.32. The first kappa shape index (κ1) is 24.0. The van der Waals surface area contributed by atoms with E-state index < -0.39 is 0 Å². The fourth-order valence-electron chi connectivity index (χ4n) is 4.82. The van der Waals surface area contributed by atoms with Crippen molar-refractivity contribution < 1.29 is 0 Å². The highest BCUT2D eigenvalue weighted by atomic mass is 15.6. The number of benzene rings is 2. The minimum atomic E-state index is 0.507. The first-order valence-electron chi connectivity index (χ1n) is 12.5. The molecule has 2 heterocycles. The summed E-state index contributed by atoms with van der Waals surface area (Å²) < 4.78 is 0. The Morgan fingerprint density at radius 2 is 1.74 bits per heavy atom. The Labute approximate surface area is 205 Å². The van der Waals surface area contributed by atoms with Crippen LogP contribution in [0.3, 0.4) is 0 Å². The third-order valence-electron chi connectivity index (χ3n) is 6.88. The topological polar surface area (TPSA) is 24.3 Å². The highest BCUT2D eigenvalue weighted by molar-refractivity contribution is 5.60. The first-order chi connectivity index (χ1) is 16.5. The van der Waals surface area contributed by atoms with Gasteiger partial charge in [0.25, 0.3) is 0 Å². The summed E-state index contributed by atoms with van der Waals surface area (Å²) in [7, 11) is 2.08. The number of allylic oxidation sites excluding steroid dienone is 3. The number of aryl methyl sites for hydroxylation is 1. The Balaban J connectivity index is 1.50. The third-order valence-corrected chi connectivity index (χ3v) is 6.88. The van der Waals surface area contributed by atoms with Gasteiger partial charge in [0.15, 0.2) is 0 Å². The molecule has 1 fully saturated rings. The summed E-state index contributed by atoms with van der Waals surface area (Å²) in [5, 5.41) is 7.12. The standard InChI is InChI=1S/C30H38N4/c1-5-6-10-19-32(4)34-30(22-29(31-34)27-15-13-24(2)14-16-27)28-17-20-33(21-18-28)23-25(3)26-11-8-7-9-12-26/h5-16,19,22,25,28H,17-18,20-21,23H2,1-4H3/b6-5-,19-10-. The Morgan fingerprint density at radius 1 is 1.03 bits per heavy atom. The molecule has 4 rings (SSSR count). The molecule has 1 aliphatic heterocycles. The van der Waals surface area contributed by atoms with Gasteiger partial charge in [0.05, 0.1) is 11.4 Å². The van der Waals surface area contributed by atoms with E-state index in [1.54, 1.807) is 0 Å². The Kier molecular flexibility index (Phi) is 8.02. The van der Waals surface area contributed by atoms with Gasteiger partial charge in [-0.25, -0.2) is 0 Å². The van der Waals surface area contributed by atoms with E-state index in [1.807, 2.05) is 19.1 Å². The molecule has 178 valence electrons. The molecule has 0 saturated carbocycles. The zero-order valence-electron chi connectivity index (χ0n) is 21.1. The van der Waals surface area contributed by atoms with Crippen LogP contribution < -0.4 is 5.01 Å². The third kappa shape index (κ3) is 5.87. The summed E-state index contributed by atoms with van der Waals surface area (Å²) in [5.74, 6) is 1.06. The van der Waals surface area contributed by atoms with E-state index in [9.17, 15) is 0 Å². The van der Waals surface area contributed by atoms with Crippen LogP contribution in [0.1, 0.15) is 55.3 Å². The van der Waals surface area contributed by atoms with Gasteiger partial charge < -0.3 is 4.90 Å². The van der Waals surface area contributed by atoms with Crippen molar-refractivity contribution in [3.63, 3.8) is 0 Å². The highest BCUT2D eigenvalue weighted by Gasteiger charge is 2.26. The van der Waals surface area contributed by atoms with Crippen LogP contribution in [0.15, 0.2) is 85.1 Å². The second-order valence-electron chi connectivity index (χ2n) is 9.54. The van der Waals surface area contributed by atoms with Crippen LogP contribution in [0.4, 0.5) is 0 Å². The smallest absolute Gasteiger partial charge is 0.0947 e. The van der Waals surface area contributed by atoms with Gasteiger partial charge in [0, 0.05) is 31.3 Å². The lowest BCUT2D eigenvalue weighted by atomic mass is 9.91.